The minimum atomic E-state index is -0.0215. The Kier molecular flexibility index (Phi) is 8.95. The van der Waals surface area contributed by atoms with Crippen molar-refractivity contribution in [3.63, 3.8) is 0 Å². The molecule has 0 amide bonds. The van der Waals surface area contributed by atoms with Crippen molar-refractivity contribution < 1.29 is 14.2 Å². The molecule has 0 bridgehead atoms. The Morgan fingerprint density at radius 2 is 1.89 bits per heavy atom. The second-order valence-corrected chi connectivity index (χ2v) is 6.94. The van der Waals surface area contributed by atoms with Crippen molar-refractivity contribution in [3.05, 3.63) is 23.8 Å². The Hall–Kier alpha value is -1.22. The van der Waals surface area contributed by atoms with Gasteiger partial charge in [-0.1, -0.05) is 19.4 Å². The fraction of sp³-hybridized carbons (Fsp3) is 0.650. The van der Waals surface area contributed by atoms with Gasteiger partial charge in [0.15, 0.2) is 17.5 Å². The predicted molar refractivity (Wildman–Crippen MR) is 119 cm³/mol. The SMILES string of the molecule is CCCCNC(=NCC1(c2ccc3c(c2)OCO3)CCOCC1)NCC.I. The van der Waals surface area contributed by atoms with Gasteiger partial charge in [-0.15, -0.1) is 24.0 Å². The molecule has 3 rings (SSSR count). The molecular weight excluding hydrogens is 457 g/mol. The number of benzene rings is 1. The van der Waals surface area contributed by atoms with Crippen LogP contribution in [0.4, 0.5) is 0 Å². The van der Waals surface area contributed by atoms with E-state index in [1.807, 2.05) is 6.07 Å². The minimum Gasteiger partial charge on any atom is -0.454 e. The number of ether oxygens (including phenoxy) is 3. The van der Waals surface area contributed by atoms with Gasteiger partial charge in [0.05, 0.1) is 6.54 Å². The number of nitrogens with one attached hydrogen (secondary N) is 2. The first-order valence-corrected chi connectivity index (χ1v) is 9.77. The van der Waals surface area contributed by atoms with Gasteiger partial charge in [-0.3, -0.25) is 4.99 Å². The third-order valence-electron chi connectivity index (χ3n) is 5.14. The van der Waals surface area contributed by atoms with E-state index in [0.717, 1.165) is 69.6 Å². The summed E-state index contributed by atoms with van der Waals surface area (Å²) in [5, 5.41) is 6.79. The van der Waals surface area contributed by atoms with Gasteiger partial charge in [0.25, 0.3) is 0 Å². The number of fused-ring (bicyclic) bond motifs is 1. The van der Waals surface area contributed by atoms with Gasteiger partial charge in [0.1, 0.15) is 0 Å². The zero-order valence-electron chi connectivity index (χ0n) is 16.4. The highest BCUT2D eigenvalue weighted by Crippen LogP contribution is 2.41. The van der Waals surface area contributed by atoms with Gasteiger partial charge < -0.3 is 24.8 Å². The molecule has 6 nitrogen and oxygen atoms in total. The van der Waals surface area contributed by atoms with Crippen LogP contribution >= 0.6 is 24.0 Å². The lowest BCUT2D eigenvalue weighted by Crippen LogP contribution is -2.41. The van der Waals surface area contributed by atoms with Crippen molar-refractivity contribution in [1.29, 1.82) is 0 Å². The Balaban J connectivity index is 0.00000261. The first-order valence-electron chi connectivity index (χ1n) is 9.77. The molecule has 0 spiro atoms. The van der Waals surface area contributed by atoms with E-state index < -0.39 is 0 Å². The van der Waals surface area contributed by atoms with Crippen LogP contribution in [0.5, 0.6) is 11.5 Å². The van der Waals surface area contributed by atoms with E-state index in [2.05, 4.69) is 36.6 Å². The number of nitrogens with zero attached hydrogens (tertiary/aromatic N) is 1. The number of unbranched alkanes of at least 4 members (excludes halogenated alkanes) is 1. The molecule has 2 aliphatic rings. The third-order valence-corrected chi connectivity index (χ3v) is 5.14. The Morgan fingerprint density at radius 3 is 2.63 bits per heavy atom. The predicted octanol–water partition coefficient (Wildman–Crippen LogP) is 3.44. The molecule has 0 aliphatic carbocycles. The topological polar surface area (TPSA) is 64.1 Å². The maximum Gasteiger partial charge on any atom is 0.231 e. The Bertz CT molecular complexity index is 618. The number of halogens is 1. The molecule has 7 heteroatoms. The van der Waals surface area contributed by atoms with E-state index in [0.29, 0.717) is 6.79 Å². The van der Waals surface area contributed by atoms with Crippen LogP contribution in [-0.4, -0.2) is 45.6 Å². The molecular formula is C20H32IN3O3. The molecule has 0 saturated carbocycles. The van der Waals surface area contributed by atoms with Crippen molar-refractivity contribution in [2.45, 2.75) is 44.9 Å². The monoisotopic (exact) mass is 489 g/mol. The second kappa shape index (κ2) is 10.9. The zero-order valence-corrected chi connectivity index (χ0v) is 18.7. The first-order chi connectivity index (χ1) is 12.8. The minimum absolute atomic E-state index is 0. The molecule has 27 heavy (non-hydrogen) atoms. The van der Waals surface area contributed by atoms with Gasteiger partial charge >= 0.3 is 0 Å². The highest BCUT2D eigenvalue weighted by molar-refractivity contribution is 14.0. The summed E-state index contributed by atoms with van der Waals surface area (Å²) in [7, 11) is 0. The van der Waals surface area contributed by atoms with E-state index in [-0.39, 0.29) is 29.4 Å². The molecule has 0 radical (unpaired) electrons. The second-order valence-electron chi connectivity index (χ2n) is 6.94. The Morgan fingerprint density at radius 1 is 1.11 bits per heavy atom. The fourth-order valence-electron chi connectivity index (χ4n) is 3.48. The molecule has 1 saturated heterocycles. The van der Waals surface area contributed by atoms with Crippen LogP contribution in [0, 0.1) is 0 Å². The van der Waals surface area contributed by atoms with E-state index in [4.69, 9.17) is 19.2 Å². The molecule has 1 fully saturated rings. The van der Waals surface area contributed by atoms with Crippen LogP contribution in [0.3, 0.4) is 0 Å². The number of rotatable bonds is 7. The molecule has 2 aliphatic heterocycles. The molecule has 152 valence electrons. The van der Waals surface area contributed by atoms with Crippen molar-refractivity contribution in [3.8, 4) is 11.5 Å². The summed E-state index contributed by atoms with van der Waals surface area (Å²) < 4.78 is 16.7. The number of aliphatic imine (C=N–C) groups is 1. The van der Waals surface area contributed by atoms with Crippen LogP contribution in [-0.2, 0) is 10.2 Å². The van der Waals surface area contributed by atoms with Crippen molar-refractivity contribution in [2.75, 3.05) is 39.6 Å². The lowest BCUT2D eigenvalue weighted by molar-refractivity contribution is 0.0530. The molecule has 0 aromatic heterocycles. The quantitative estimate of drug-likeness (QED) is 0.266. The van der Waals surface area contributed by atoms with Crippen LogP contribution in [0.2, 0.25) is 0 Å². The Labute approximate surface area is 179 Å². The maximum atomic E-state index is 5.64. The average molecular weight is 489 g/mol. The summed E-state index contributed by atoms with van der Waals surface area (Å²) in [6.45, 7) is 8.67. The normalized spacial score (nSPS) is 17.9. The van der Waals surface area contributed by atoms with E-state index in [9.17, 15) is 0 Å². The third kappa shape index (κ3) is 5.63. The molecule has 1 aromatic carbocycles. The van der Waals surface area contributed by atoms with Crippen LogP contribution in [0.15, 0.2) is 23.2 Å². The largest absolute Gasteiger partial charge is 0.454 e. The van der Waals surface area contributed by atoms with E-state index in [1.54, 1.807) is 0 Å². The van der Waals surface area contributed by atoms with Gasteiger partial charge in [-0.25, -0.2) is 0 Å². The van der Waals surface area contributed by atoms with E-state index >= 15 is 0 Å². The highest BCUT2D eigenvalue weighted by atomic mass is 127. The van der Waals surface area contributed by atoms with Crippen LogP contribution in [0.1, 0.15) is 45.1 Å². The lowest BCUT2D eigenvalue weighted by Gasteiger charge is -2.36. The first kappa shape index (κ1) is 22.1. The molecule has 1 aromatic rings. The van der Waals surface area contributed by atoms with Crippen LogP contribution < -0.4 is 20.1 Å². The van der Waals surface area contributed by atoms with E-state index in [1.165, 1.54) is 12.0 Å². The van der Waals surface area contributed by atoms with Crippen molar-refractivity contribution in [1.82, 2.24) is 10.6 Å². The summed E-state index contributed by atoms with van der Waals surface area (Å²) in [4.78, 5) is 4.92. The summed E-state index contributed by atoms with van der Waals surface area (Å²) >= 11 is 0. The fourth-order valence-corrected chi connectivity index (χ4v) is 3.48. The maximum absolute atomic E-state index is 5.64. The zero-order chi connectivity index (χ0) is 18.2. The number of hydrogen-bond acceptors (Lipinski definition) is 4. The van der Waals surface area contributed by atoms with Crippen LogP contribution in [0.25, 0.3) is 0 Å². The molecule has 2 heterocycles. The molecule has 0 unspecified atom stereocenters. The summed E-state index contributed by atoms with van der Waals surface area (Å²) in [6.07, 6.45) is 4.24. The summed E-state index contributed by atoms with van der Waals surface area (Å²) in [6, 6.07) is 6.30. The average Bonchev–Trinajstić information content (AvgIpc) is 3.15. The number of hydrogen-bond donors (Lipinski definition) is 2. The summed E-state index contributed by atoms with van der Waals surface area (Å²) in [5.74, 6) is 2.56. The van der Waals surface area contributed by atoms with Crippen molar-refractivity contribution >= 4 is 29.9 Å². The van der Waals surface area contributed by atoms with Gasteiger partial charge in [0.2, 0.25) is 6.79 Å². The van der Waals surface area contributed by atoms with Gasteiger partial charge in [-0.05, 0) is 43.9 Å². The van der Waals surface area contributed by atoms with Gasteiger partial charge in [-0.2, -0.15) is 0 Å². The van der Waals surface area contributed by atoms with Gasteiger partial charge in [0, 0.05) is 31.7 Å². The smallest absolute Gasteiger partial charge is 0.231 e. The lowest BCUT2D eigenvalue weighted by atomic mass is 9.74. The number of guanidine groups is 1. The molecule has 0 atom stereocenters. The highest BCUT2D eigenvalue weighted by Gasteiger charge is 2.35. The molecule has 2 N–H and O–H groups in total. The van der Waals surface area contributed by atoms with Crippen molar-refractivity contribution in [2.24, 2.45) is 4.99 Å². The standard InChI is InChI=1S/C20H31N3O3.HI/c1-3-5-10-22-19(21-4-2)23-14-20(8-11-24-12-9-20)16-6-7-17-18(13-16)26-15-25-17;/h6-7,13H,3-5,8-12,14-15H2,1-2H3,(H2,21,22,23);1H. The summed E-state index contributed by atoms with van der Waals surface area (Å²) in [5.41, 5.74) is 1.24.